The van der Waals surface area contributed by atoms with Gasteiger partial charge < -0.3 is 18.9 Å². The van der Waals surface area contributed by atoms with E-state index in [1.807, 2.05) is 32.6 Å². The van der Waals surface area contributed by atoms with Gasteiger partial charge in [0, 0.05) is 30.9 Å². The predicted molar refractivity (Wildman–Crippen MR) is 94.7 cm³/mol. The van der Waals surface area contributed by atoms with Crippen molar-refractivity contribution in [3.63, 3.8) is 0 Å². The highest BCUT2D eigenvalue weighted by Gasteiger charge is 2.52. The highest BCUT2D eigenvalue weighted by molar-refractivity contribution is 6.61. The fraction of sp³-hybridized carbons (Fsp3) is 0.706. The van der Waals surface area contributed by atoms with E-state index in [9.17, 15) is 4.79 Å². The van der Waals surface area contributed by atoms with Gasteiger partial charge in [0.2, 0.25) is 5.95 Å². The minimum Gasteiger partial charge on any atom is -0.469 e. The van der Waals surface area contributed by atoms with Crippen LogP contribution in [0, 0.1) is 5.92 Å². The molecule has 0 saturated carbocycles. The van der Waals surface area contributed by atoms with Crippen LogP contribution in [0.1, 0.15) is 40.5 Å². The van der Waals surface area contributed by atoms with E-state index < -0.39 is 18.3 Å². The van der Waals surface area contributed by atoms with Gasteiger partial charge in [0.05, 0.1) is 24.2 Å². The standard InChI is InChI=1S/C17H26BN3O4/c1-16(2)17(3,4)25-18(24-16)13-9-19-15(20-10-13)21-8-6-7-12(11-21)14(22)23-5/h9-10,12H,6-8,11H2,1-5H3/t12-/m1/s1. The molecule has 0 spiro atoms. The second-order valence-electron chi connectivity index (χ2n) is 7.71. The van der Waals surface area contributed by atoms with Crippen molar-refractivity contribution in [3.05, 3.63) is 12.4 Å². The number of anilines is 1. The third-order valence-corrected chi connectivity index (χ3v) is 5.42. The van der Waals surface area contributed by atoms with Crippen LogP contribution < -0.4 is 10.4 Å². The molecule has 0 aromatic carbocycles. The highest BCUT2D eigenvalue weighted by atomic mass is 16.7. The molecule has 0 unspecified atom stereocenters. The maximum absolute atomic E-state index is 11.8. The van der Waals surface area contributed by atoms with Crippen LogP contribution in [-0.2, 0) is 18.8 Å². The summed E-state index contributed by atoms with van der Waals surface area (Å²) in [4.78, 5) is 22.7. The number of methoxy groups -OCH3 is 1. The lowest BCUT2D eigenvalue weighted by molar-refractivity contribution is -0.145. The Morgan fingerprint density at radius 3 is 2.40 bits per heavy atom. The zero-order valence-electron chi connectivity index (χ0n) is 15.6. The van der Waals surface area contributed by atoms with Gasteiger partial charge in [-0.3, -0.25) is 4.79 Å². The molecule has 2 fully saturated rings. The zero-order chi connectivity index (χ0) is 18.2. The third-order valence-electron chi connectivity index (χ3n) is 5.42. The van der Waals surface area contributed by atoms with Gasteiger partial charge in [-0.1, -0.05) is 0 Å². The lowest BCUT2D eigenvalue weighted by Gasteiger charge is -2.32. The van der Waals surface area contributed by atoms with Crippen molar-refractivity contribution in [1.82, 2.24) is 9.97 Å². The molecular weight excluding hydrogens is 321 g/mol. The van der Waals surface area contributed by atoms with E-state index in [1.165, 1.54) is 7.11 Å². The Hall–Kier alpha value is -1.67. The number of hydrogen-bond donors (Lipinski definition) is 0. The summed E-state index contributed by atoms with van der Waals surface area (Å²) >= 11 is 0. The summed E-state index contributed by atoms with van der Waals surface area (Å²) in [5.41, 5.74) is 0.0115. The Bertz CT molecular complexity index is 619. The zero-order valence-corrected chi connectivity index (χ0v) is 15.6. The molecule has 3 heterocycles. The van der Waals surface area contributed by atoms with Crippen LogP contribution in [0.2, 0.25) is 0 Å². The van der Waals surface area contributed by atoms with E-state index in [4.69, 9.17) is 14.0 Å². The molecule has 0 amide bonds. The van der Waals surface area contributed by atoms with Crippen LogP contribution in [0.25, 0.3) is 0 Å². The van der Waals surface area contributed by atoms with Gasteiger partial charge in [0.1, 0.15) is 0 Å². The lowest BCUT2D eigenvalue weighted by Crippen LogP contribution is -2.41. The molecule has 3 rings (SSSR count). The average Bonchev–Trinajstić information content (AvgIpc) is 2.82. The van der Waals surface area contributed by atoms with Crippen LogP contribution in [-0.4, -0.2) is 54.5 Å². The molecule has 2 saturated heterocycles. The van der Waals surface area contributed by atoms with Gasteiger partial charge >= 0.3 is 13.1 Å². The van der Waals surface area contributed by atoms with Gasteiger partial charge in [-0.2, -0.15) is 0 Å². The molecule has 0 aliphatic carbocycles. The average molecular weight is 347 g/mol. The van der Waals surface area contributed by atoms with Gasteiger partial charge in [0.15, 0.2) is 0 Å². The van der Waals surface area contributed by atoms with Crippen molar-refractivity contribution in [2.24, 2.45) is 5.92 Å². The number of ether oxygens (including phenoxy) is 1. The van der Waals surface area contributed by atoms with Crippen molar-refractivity contribution < 1.29 is 18.8 Å². The summed E-state index contributed by atoms with van der Waals surface area (Å²) < 4.78 is 16.9. The van der Waals surface area contributed by atoms with Crippen LogP contribution in [0.3, 0.4) is 0 Å². The molecule has 8 heteroatoms. The molecule has 1 aromatic rings. The number of nitrogens with zero attached hydrogens (tertiary/aromatic N) is 3. The van der Waals surface area contributed by atoms with Crippen LogP contribution in [0.4, 0.5) is 5.95 Å². The van der Waals surface area contributed by atoms with Crippen molar-refractivity contribution in [2.45, 2.75) is 51.7 Å². The van der Waals surface area contributed by atoms with Crippen molar-refractivity contribution >= 4 is 24.5 Å². The fourth-order valence-corrected chi connectivity index (χ4v) is 3.11. The summed E-state index contributed by atoms with van der Waals surface area (Å²) in [6.07, 6.45) is 5.25. The summed E-state index contributed by atoms with van der Waals surface area (Å²) in [6, 6.07) is 0. The van der Waals surface area contributed by atoms with E-state index in [-0.39, 0.29) is 11.9 Å². The smallest absolute Gasteiger partial charge is 0.469 e. The number of piperidine rings is 1. The van der Waals surface area contributed by atoms with E-state index in [2.05, 4.69) is 9.97 Å². The summed E-state index contributed by atoms with van der Waals surface area (Å²) in [5.74, 6) is 0.331. The maximum atomic E-state index is 11.8. The monoisotopic (exact) mass is 347 g/mol. The minimum absolute atomic E-state index is 0.120. The molecule has 0 bridgehead atoms. The van der Waals surface area contributed by atoms with Gasteiger partial charge in [-0.15, -0.1) is 0 Å². The van der Waals surface area contributed by atoms with Gasteiger partial charge in [0.25, 0.3) is 0 Å². The first-order valence-electron chi connectivity index (χ1n) is 8.74. The Labute approximate surface area is 149 Å². The largest absolute Gasteiger partial charge is 0.498 e. The van der Waals surface area contributed by atoms with Gasteiger partial charge in [-0.25, -0.2) is 9.97 Å². The van der Waals surface area contributed by atoms with E-state index in [0.29, 0.717) is 12.5 Å². The first-order valence-corrected chi connectivity index (χ1v) is 8.74. The van der Waals surface area contributed by atoms with E-state index in [1.54, 1.807) is 12.4 Å². The fourth-order valence-electron chi connectivity index (χ4n) is 3.11. The van der Waals surface area contributed by atoms with E-state index in [0.717, 1.165) is 24.8 Å². The topological polar surface area (TPSA) is 73.8 Å². The quantitative estimate of drug-likeness (QED) is 0.600. The number of carbonyl (C=O) groups excluding carboxylic acids is 1. The molecule has 2 aliphatic heterocycles. The van der Waals surface area contributed by atoms with Crippen molar-refractivity contribution in [3.8, 4) is 0 Å². The molecule has 136 valence electrons. The number of aromatic nitrogens is 2. The van der Waals surface area contributed by atoms with E-state index >= 15 is 0 Å². The molecule has 7 nitrogen and oxygen atoms in total. The first kappa shape index (κ1) is 18.1. The first-order chi connectivity index (χ1) is 11.7. The van der Waals surface area contributed by atoms with Crippen LogP contribution in [0.15, 0.2) is 12.4 Å². The molecule has 2 aliphatic rings. The van der Waals surface area contributed by atoms with Crippen molar-refractivity contribution in [1.29, 1.82) is 0 Å². The lowest BCUT2D eigenvalue weighted by atomic mass is 9.81. The second-order valence-corrected chi connectivity index (χ2v) is 7.71. The molecule has 25 heavy (non-hydrogen) atoms. The predicted octanol–water partition coefficient (Wildman–Crippen LogP) is 1.17. The molecule has 0 radical (unpaired) electrons. The SMILES string of the molecule is COC(=O)[C@@H]1CCCN(c2ncc(B3OC(C)(C)C(C)(C)O3)cn2)C1. The van der Waals surface area contributed by atoms with Crippen LogP contribution in [0.5, 0.6) is 0 Å². The maximum Gasteiger partial charge on any atom is 0.498 e. The Morgan fingerprint density at radius 1 is 1.24 bits per heavy atom. The summed E-state index contributed by atoms with van der Waals surface area (Å²) in [6.45, 7) is 9.49. The summed E-state index contributed by atoms with van der Waals surface area (Å²) in [7, 11) is 0.958. The molecule has 1 aromatic heterocycles. The molecule has 1 atom stereocenters. The van der Waals surface area contributed by atoms with Crippen molar-refractivity contribution in [2.75, 3.05) is 25.1 Å². The third kappa shape index (κ3) is 3.50. The normalized spacial score (nSPS) is 25.1. The van der Waals surface area contributed by atoms with Gasteiger partial charge in [-0.05, 0) is 40.5 Å². The van der Waals surface area contributed by atoms with Crippen LogP contribution >= 0.6 is 0 Å². The minimum atomic E-state index is -0.469. The molecule has 0 N–H and O–H groups in total. The summed E-state index contributed by atoms with van der Waals surface area (Å²) in [5, 5.41) is 0. The number of esters is 1. The number of carbonyl (C=O) groups is 1. The Balaban J connectivity index is 1.70. The number of rotatable bonds is 3. The highest BCUT2D eigenvalue weighted by Crippen LogP contribution is 2.36. The second kappa shape index (κ2) is 6.57. The Kier molecular flexibility index (Phi) is 4.77. The Morgan fingerprint density at radius 2 is 1.84 bits per heavy atom. The number of hydrogen-bond acceptors (Lipinski definition) is 7. The molecular formula is C17H26BN3O4.